The van der Waals surface area contributed by atoms with Gasteiger partial charge in [0.2, 0.25) is 11.4 Å². The van der Waals surface area contributed by atoms with E-state index in [9.17, 15) is 0 Å². The number of aromatic nitrogens is 2. The van der Waals surface area contributed by atoms with Gasteiger partial charge < -0.3 is 4.74 Å². The summed E-state index contributed by atoms with van der Waals surface area (Å²) in [5.74, 6) is 3.70. The molecular weight excluding hydrogens is 829 g/mol. The fourth-order valence-corrected chi connectivity index (χ4v) is 10.8. The molecule has 0 aliphatic carbocycles. The Morgan fingerprint density at radius 1 is 0.500 bits per heavy atom. The van der Waals surface area contributed by atoms with Crippen LogP contribution in [0.2, 0.25) is 0 Å². The number of hydrogen-bond acceptors (Lipinski definition) is 2. The van der Waals surface area contributed by atoms with Crippen LogP contribution in [-0.4, -0.2) is 9.55 Å². The van der Waals surface area contributed by atoms with E-state index in [4.69, 9.17) is 9.72 Å². The van der Waals surface area contributed by atoms with Gasteiger partial charge in [-0.2, -0.15) is 9.18 Å². The maximum atomic E-state index is 7.14. The molecule has 0 saturated carbocycles. The molecule has 5 nitrogen and oxygen atoms in total. The second-order valence-corrected chi connectivity index (χ2v) is 23.8. The fourth-order valence-electron chi connectivity index (χ4n) is 10.8. The van der Waals surface area contributed by atoms with Crippen molar-refractivity contribution in [3.05, 3.63) is 174 Å². The molecule has 6 aromatic carbocycles. The van der Waals surface area contributed by atoms with Crippen molar-refractivity contribution in [2.24, 2.45) is 0 Å². The molecule has 4 heterocycles. The van der Waals surface area contributed by atoms with E-state index >= 15 is 0 Å². The van der Waals surface area contributed by atoms with Gasteiger partial charge in [-0.05, 0) is 115 Å². The third-order valence-electron chi connectivity index (χ3n) is 14.9. The largest absolute Gasteiger partial charge is 0.457 e. The van der Waals surface area contributed by atoms with Crippen molar-refractivity contribution in [1.82, 2.24) is 18.7 Å². The highest BCUT2D eigenvalue weighted by molar-refractivity contribution is 6.09. The number of nitrogens with zero attached hydrogens (tertiary/aromatic N) is 4. The number of para-hydroxylation sites is 1. The minimum atomic E-state index is -0.127. The zero-order valence-electron chi connectivity index (χ0n) is 43.2. The lowest BCUT2D eigenvalue weighted by molar-refractivity contribution is 0.419. The Kier molecular flexibility index (Phi) is 10.6. The maximum absolute atomic E-state index is 7.14. The van der Waals surface area contributed by atoms with Crippen LogP contribution in [-0.2, 0) is 16.2 Å². The molecule has 68 heavy (non-hydrogen) atoms. The second kappa shape index (κ2) is 15.8. The molecule has 0 radical (unpaired) electrons. The minimum absolute atomic E-state index is 0.0129. The van der Waals surface area contributed by atoms with Crippen LogP contribution in [0.15, 0.2) is 134 Å². The Morgan fingerprint density at radius 2 is 1.13 bits per heavy atom. The first-order chi connectivity index (χ1) is 32.0. The predicted molar refractivity (Wildman–Crippen MR) is 289 cm³/mol. The molecule has 0 amide bonds. The molecule has 2 aromatic heterocycles. The van der Waals surface area contributed by atoms with Crippen LogP contribution in [0.5, 0.6) is 11.5 Å². The first kappa shape index (κ1) is 45.8. The monoisotopic (exact) mass is 900 g/mol. The molecule has 1 unspecified atom stereocenters. The van der Waals surface area contributed by atoms with Gasteiger partial charge in [-0.15, -0.1) is 0 Å². The lowest BCUT2D eigenvalue weighted by Gasteiger charge is -2.41. The van der Waals surface area contributed by atoms with Crippen molar-refractivity contribution in [2.45, 2.75) is 138 Å². The van der Waals surface area contributed by atoms with Crippen molar-refractivity contribution in [1.29, 1.82) is 0 Å². The summed E-state index contributed by atoms with van der Waals surface area (Å²) in [6.07, 6.45) is 1.99. The number of fused-ring (bicyclic) bond motifs is 7. The van der Waals surface area contributed by atoms with E-state index in [1.807, 2.05) is 6.20 Å². The molecule has 0 bridgehead atoms. The highest BCUT2D eigenvalue weighted by atomic mass is 16.5. The van der Waals surface area contributed by atoms with E-state index in [-0.39, 0.29) is 16.2 Å². The van der Waals surface area contributed by atoms with E-state index < -0.39 is 0 Å². The molecule has 348 valence electrons. The summed E-state index contributed by atoms with van der Waals surface area (Å²) < 4.78 is 10.7. The number of hydrogen-bond donors (Lipinski definition) is 0. The van der Waals surface area contributed by atoms with Crippen LogP contribution in [0.4, 0.5) is 22.7 Å². The molecule has 1 fully saturated rings. The van der Waals surface area contributed by atoms with Crippen LogP contribution in [0.1, 0.15) is 155 Å². The summed E-state index contributed by atoms with van der Waals surface area (Å²) in [4.78, 5) is 5.12. The minimum Gasteiger partial charge on any atom is -0.457 e. The summed E-state index contributed by atoms with van der Waals surface area (Å²) in [6, 6.07) is 48.0. The van der Waals surface area contributed by atoms with Crippen LogP contribution >= 0.6 is 0 Å². The Labute approximate surface area is 406 Å². The van der Waals surface area contributed by atoms with Gasteiger partial charge >= 0.3 is 0 Å². The summed E-state index contributed by atoms with van der Waals surface area (Å²) in [5.41, 5.74) is 17.9. The van der Waals surface area contributed by atoms with Crippen LogP contribution in [0.3, 0.4) is 0 Å². The highest BCUT2D eigenvalue weighted by Crippen LogP contribution is 2.76. The number of benzene rings is 6. The van der Waals surface area contributed by atoms with E-state index in [1.165, 1.54) is 78.0 Å². The zero-order chi connectivity index (χ0) is 48.5. The van der Waals surface area contributed by atoms with Gasteiger partial charge in [-0.1, -0.05) is 152 Å². The van der Waals surface area contributed by atoms with Gasteiger partial charge in [0.1, 0.15) is 17.3 Å². The number of pyridine rings is 1. The fraction of sp³-hybridized carbons (Fsp3) is 0.333. The van der Waals surface area contributed by atoms with Crippen molar-refractivity contribution in [3.8, 4) is 28.4 Å². The Balaban J connectivity index is 1.11. The highest BCUT2D eigenvalue weighted by Gasteiger charge is 2.78. The van der Waals surface area contributed by atoms with Crippen molar-refractivity contribution < 1.29 is 4.74 Å². The summed E-state index contributed by atoms with van der Waals surface area (Å²) in [5, 5.41) is 2.36. The summed E-state index contributed by atoms with van der Waals surface area (Å²) >= 11 is 0. The van der Waals surface area contributed by atoms with Gasteiger partial charge in [0.25, 0.3) is 0 Å². The zero-order valence-corrected chi connectivity index (χ0v) is 43.2. The van der Waals surface area contributed by atoms with Crippen molar-refractivity contribution in [2.75, 3.05) is 0 Å². The Hall–Kier alpha value is -6.01. The third kappa shape index (κ3) is 7.22. The topological polar surface area (TPSA) is 27.1 Å². The number of rotatable bonds is 9. The van der Waals surface area contributed by atoms with Gasteiger partial charge in [0, 0.05) is 59.4 Å². The molecule has 5 heteroatoms. The van der Waals surface area contributed by atoms with Crippen LogP contribution < -0.4 is 13.9 Å². The van der Waals surface area contributed by atoms with E-state index in [0.717, 1.165) is 28.4 Å². The lowest BCUT2D eigenvalue weighted by atomic mass is 9.82. The van der Waals surface area contributed by atoms with Crippen LogP contribution in [0.25, 0.3) is 38.8 Å². The summed E-state index contributed by atoms with van der Waals surface area (Å²) in [6.45, 7) is 37.1. The van der Waals surface area contributed by atoms with E-state index in [0.29, 0.717) is 26.9 Å². The molecule has 8 aromatic rings. The number of quaternary nitrogens is 2. The van der Waals surface area contributed by atoms with E-state index in [1.54, 1.807) is 0 Å². The van der Waals surface area contributed by atoms with Crippen LogP contribution in [0, 0.1) is 6.67 Å². The first-order valence-corrected chi connectivity index (χ1v) is 25.0. The Morgan fingerprint density at radius 3 is 1.79 bits per heavy atom. The summed E-state index contributed by atoms with van der Waals surface area (Å²) in [7, 11) is 0. The average Bonchev–Trinajstić information content (AvgIpc) is 3.78. The molecule has 2 aliphatic rings. The Bertz CT molecular complexity index is 3260. The molecule has 0 N–H and O–H groups in total. The molecule has 1 saturated heterocycles. The predicted octanol–water partition coefficient (Wildman–Crippen LogP) is 18.2. The third-order valence-corrected chi connectivity index (χ3v) is 14.9. The molecule has 2 atom stereocenters. The quantitative estimate of drug-likeness (QED) is 0.0820. The standard InChI is InChI=1S/C63H71N4O/c1-39(2)43-29-53(40(3)4)60(54(30-43)41(5)6)42-27-28-64-59(31-42)65-55-22-17-16-21-51(55)52-25-24-49(37-56(52)65)68-50-34-46(63(13,14)15)33-48(36-50)67-38-66(67,47-20-18-19-44(32-47)61(7,8)9)57-26-23-45(35-58(57)67)62(10,11)12/h16-41H,1-15H3/q+1/t66-,67?/m0/s1. The first-order valence-electron chi connectivity index (χ1n) is 25.0. The van der Waals surface area contributed by atoms with Gasteiger partial charge in [0.15, 0.2) is 18.0 Å². The smallest absolute Gasteiger partial charge is 0.225 e. The van der Waals surface area contributed by atoms with Gasteiger partial charge in [0.05, 0.1) is 11.0 Å². The van der Waals surface area contributed by atoms with Gasteiger partial charge in [-0.25, -0.2) is 4.98 Å². The molecule has 10 rings (SSSR count). The molecule has 0 spiro atoms. The lowest BCUT2D eigenvalue weighted by Crippen LogP contribution is -2.47. The maximum Gasteiger partial charge on any atom is 0.225 e. The SMILES string of the molecule is CC(C)c1cc(C(C)C)c(-c2ccnc(-n3c4ccccc4c4ccc(Oc5cc(C(C)(C)C)cc([N+]67[CH-][N@+]6(c6cccc(C(C)(C)C)c6)c6ccc(C(C)(C)C)cc67)c5)cc43)c2)c(C(C)C)c1. The average molecular weight is 900 g/mol. The normalized spacial score (nSPS) is 18.1. The van der Waals surface area contributed by atoms with E-state index in [2.05, 4.69) is 242 Å². The molecular formula is C63H71N4O+. The second-order valence-electron chi connectivity index (χ2n) is 23.8. The van der Waals surface area contributed by atoms with Crippen molar-refractivity contribution >= 4 is 44.6 Å². The van der Waals surface area contributed by atoms with Gasteiger partial charge in [-0.3, -0.25) is 4.57 Å². The molecule has 2 aliphatic heterocycles. The van der Waals surface area contributed by atoms with Crippen molar-refractivity contribution in [3.63, 3.8) is 0 Å². The number of ether oxygens (including phenoxy) is 1.